The minimum Gasteiger partial charge on any atom is -0.166 e. The Morgan fingerprint density at radius 2 is 1.94 bits per heavy atom. The van der Waals surface area contributed by atoms with Crippen LogP contribution in [0.3, 0.4) is 0 Å². The van der Waals surface area contributed by atoms with Crippen molar-refractivity contribution < 1.29 is 0 Å². The average Bonchev–Trinajstić information content (AvgIpc) is 2.34. The predicted octanol–water partition coefficient (Wildman–Crippen LogP) is 6.13. The lowest BCUT2D eigenvalue weighted by atomic mass is 10.1. The SMILES string of the molecule is C=CCCCCC(C)(Cl)N=Nc1ccc(Cl)cc1. The lowest BCUT2D eigenvalue weighted by Gasteiger charge is -2.14. The van der Waals surface area contributed by atoms with Crippen LogP contribution in [-0.4, -0.2) is 5.00 Å². The fourth-order valence-corrected chi connectivity index (χ4v) is 1.75. The molecule has 0 saturated heterocycles. The zero-order valence-corrected chi connectivity index (χ0v) is 12.1. The summed E-state index contributed by atoms with van der Waals surface area (Å²) in [5.41, 5.74) is 0.761. The van der Waals surface area contributed by atoms with Gasteiger partial charge in [0.05, 0.1) is 5.69 Å². The van der Waals surface area contributed by atoms with Crippen LogP contribution in [0.5, 0.6) is 0 Å². The monoisotopic (exact) mass is 284 g/mol. The molecule has 18 heavy (non-hydrogen) atoms. The maximum absolute atomic E-state index is 6.28. The molecule has 98 valence electrons. The van der Waals surface area contributed by atoms with E-state index >= 15 is 0 Å². The van der Waals surface area contributed by atoms with E-state index in [1.807, 2.05) is 25.1 Å². The van der Waals surface area contributed by atoms with Crippen LogP contribution in [0.2, 0.25) is 5.02 Å². The summed E-state index contributed by atoms with van der Waals surface area (Å²) < 4.78 is 0. The summed E-state index contributed by atoms with van der Waals surface area (Å²) in [6.07, 6.45) is 5.84. The molecule has 1 unspecified atom stereocenters. The summed E-state index contributed by atoms with van der Waals surface area (Å²) in [4.78, 5) is -0.638. The Labute approximate surface area is 119 Å². The first kappa shape index (κ1) is 15.2. The van der Waals surface area contributed by atoms with Gasteiger partial charge in [-0.2, -0.15) is 10.2 Å². The van der Waals surface area contributed by atoms with Gasteiger partial charge in [0.25, 0.3) is 0 Å². The number of allylic oxidation sites excluding steroid dienone is 1. The Morgan fingerprint density at radius 3 is 2.56 bits per heavy atom. The Hall–Kier alpha value is -0.860. The number of benzene rings is 1. The van der Waals surface area contributed by atoms with Crippen molar-refractivity contribution in [3.05, 3.63) is 41.9 Å². The molecule has 0 N–H and O–H groups in total. The van der Waals surface area contributed by atoms with Gasteiger partial charge in [-0.05, 0) is 56.9 Å². The van der Waals surface area contributed by atoms with Crippen LogP contribution in [0.1, 0.15) is 32.6 Å². The van der Waals surface area contributed by atoms with E-state index in [1.165, 1.54) is 0 Å². The van der Waals surface area contributed by atoms with E-state index < -0.39 is 5.00 Å². The van der Waals surface area contributed by atoms with Gasteiger partial charge < -0.3 is 0 Å². The number of alkyl halides is 1. The summed E-state index contributed by atoms with van der Waals surface area (Å²) in [6.45, 7) is 5.57. The molecule has 0 aliphatic carbocycles. The topological polar surface area (TPSA) is 24.7 Å². The number of azo groups is 1. The van der Waals surface area contributed by atoms with Gasteiger partial charge in [-0.15, -0.1) is 6.58 Å². The molecule has 0 amide bonds. The zero-order chi connectivity index (χ0) is 13.4. The van der Waals surface area contributed by atoms with E-state index in [4.69, 9.17) is 23.2 Å². The molecule has 1 atom stereocenters. The molecule has 2 nitrogen and oxygen atoms in total. The molecule has 0 aliphatic rings. The second kappa shape index (κ2) is 7.55. The molecule has 0 heterocycles. The third-order valence-electron chi connectivity index (χ3n) is 2.49. The van der Waals surface area contributed by atoms with Gasteiger partial charge in [-0.3, -0.25) is 0 Å². The van der Waals surface area contributed by atoms with Crippen LogP contribution < -0.4 is 0 Å². The molecule has 0 saturated carbocycles. The molecule has 0 aliphatic heterocycles. The Morgan fingerprint density at radius 1 is 1.28 bits per heavy atom. The number of nitrogens with zero attached hydrogens (tertiary/aromatic N) is 2. The highest BCUT2D eigenvalue weighted by Crippen LogP contribution is 2.27. The second-order valence-electron chi connectivity index (χ2n) is 4.35. The van der Waals surface area contributed by atoms with Crippen molar-refractivity contribution in [1.29, 1.82) is 0 Å². The van der Waals surface area contributed by atoms with Crippen LogP contribution in [0.4, 0.5) is 5.69 Å². The van der Waals surface area contributed by atoms with E-state index in [0.29, 0.717) is 5.02 Å². The molecule has 1 aromatic rings. The summed E-state index contributed by atoms with van der Waals surface area (Å²) in [6, 6.07) is 7.20. The lowest BCUT2D eigenvalue weighted by molar-refractivity contribution is 0.535. The second-order valence-corrected chi connectivity index (χ2v) is 5.60. The largest absolute Gasteiger partial charge is 0.166 e. The van der Waals surface area contributed by atoms with E-state index in [1.54, 1.807) is 12.1 Å². The summed E-state index contributed by atoms with van der Waals surface area (Å²) >= 11 is 12.1. The first-order chi connectivity index (χ1) is 8.53. The van der Waals surface area contributed by atoms with Crippen molar-refractivity contribution in [2.45, 2.75) is 37.6 Å². The highest BCUT2D eigenvalue weighted by molar-refractivity contribution is 6.30. The van der Waals surface area contributed by atoms with Gasteiger partial charge in [-0.25, -0.2) is 0 Å². The fraction of sp³-hybridized carbons (Fsp3) is 0.429. The van der Waals surface area contributed by atoms with Crippen molar-refractivity contribution in [2.24, 2.45) is 10.2 Å². The van der Waals surface area contributed by atoms with Gasteiger partial charge in [0.15, 0.2) is 5.00 Å². The van der Waals surface area contributed by atoms with Crippen molar-refractivity contribution in [1.82, 2.24) is 0 Å². The third-order valence-corrected chi connectivity index (χ3v) is 3.01. The molecular formula is C14H18Cl2N2. The summed E-state index contributed by atoms with van der Waals surface area (Å²) in [7, 11) is 0. The number of unbranched alkanes of at least 4 members (excludes halogenated alkanes) is 2. The van der Waals surface area contributed by atoms with Crippen LogP contribution >= 0.6 is 23.2 Å². The first-order valence-electron chi connectivity index (χ1n) is 6.02. The molecule has 1 aromatic carbocycles. The van der Waals surface area contributed by atoms with Crippen molar-refractivity contribution in [3.8, 4) is 0 Å². The molecular weight excluding hydrogens is 267 g/mol. The minimum absolute atomic E-state index is 0.638. The van der Waals surface area contributed by atoms with Gasteiger partial charge >= 0.3 is 0 Å². The standard InChI is InChI=1S/C14H18Cl2N2/c1-3-4-5-6-11-14(2,16)18-17-13-9-7-12(15)8-10-13/h3,7-10H,1,4-6,11H2,2H3. The Kier molecular flexibility index (Phi) is 6.37. The van der Waals surface area contributed by atoms with E-state index in [-0.39, 0.29) is 0 Å². The Bertz CT molecular complexity index is 397. The number of hydrogen-bond acceptors (Lipinski definition) is 2. The fourth-order valence-electron chi connectivity index (χ4n) is 1.46. The van der Waals surface area contributed by atoms with Crippen LogP contribution in [-0.2, 0) is 0 Å². The van der Waals surface area contributed by atoms with Crippen molar-refractivity contribution >= 4 is 28.9 Å². The number of halogens is 2. The van der Waals surface area contributed by atoms with Gasteiger partial charge in [0.1, 0.15) is 0 Å². The molecule has 4 heteroatoms. The predicted molar refractivity (Wildman–Crippen MR) is 78.9 cm³/mol. The maximum Gasteiger partial charge on any atom is 0.152 e. The quantitative estimate of drug-likeness (QED) is 0.189. The maximum atomic E-state index is 6.28. The highest BCUT2D eigenvalue weighted by Gasteiger charge is 2.18. The van der Waals surface area contributed by atoms with Crippen LogP contribution in [0.15, 0.2) is 47.1 Å². The van der Waals surface area contributed by atoms with Crippen molar-refractivity contribution in [2.75, 3.05) is 0 Å². The molecule has 1 rings (SSSR count). The smallest absolute Gasteiger partial charge is 0.152 e. The molecule has 0 radical (unpaired) electrons. The van der Waals surface area contributed by atoms with Crippen molar-refractivity contribution in [3.63, 3.8) is 0 Å². The third kappa shape index (κ3) is 6.18. The van der Waals surface area contributed by atoms with Gasteiger partial charge in [0.2, 0.25) is 0 Å². The summed E-state index contributed by atoms with van der Waals surface area (Å²) in [5.74, 6) is 0. The van der Waals surface area contributed by atoms with E-state index in [2.05, 4.69) is 16.8 Å². The number of hydrogen-bond donors (Lipinski definition) is 0. The molecule has 0 aromatic heterocycles. The Balaban J connectivity index is 2.48. The van der Waals surface area contributed by atoms with Crippen LogP contribution in [0.25, 0.3) is 0 Å². The normalized spacial score (nSPS) is 14.6. The number of rotatable bonds is 7. The zero-order valence-electron chi connectivity index (χ0n) is 10.6. The molecule has 0 bridgehead atoms. The molecule has 0 fully saturated rings. The average molecular weight is 285 g/mol. The molecule has 0 spiro atoms. The summed E-state index contributed by atoms with van der Waals surface area (Å²) in [5, 5.41) is 8.99. The highest BCUT2D eigenvalue weighted by atomic mass is 35.5. The minimum atomic E-state index is -0.638. The van der Waals surface area contributed by atoms with Gasteiger partial charge in [0, 0.05) is 5.02 Å². The van der Waals surface area contributed by atoms with E-state index in [9.17, 15) is 0 Å². The first-order valence-corrected chi connectivity index (χ1v) is 6.77. The lowest BCUT2D eigenvalue weighted by Crippen LogP contribution is -2.11. The van der Waals surface area contributed by atoms with E-state index in [0.717, 1.165) is 31.4 Å². The van der Waals surface area contributed by atoms with Gasteiger partial charge in [-0.1, -0.05) is 29.3 Å². The van der Waals surface area contributed by atoms with Crippen LogP contribution in [0, 0.1) is 0 Å².